The Morgan fingerprint density at radius 1 is 1.06 bits per heavy atom. The largest absolute Gasteiger partial charge is 0.332 e. The Bertz CT molecular complexity index is 1630. The molecule has 3 aromatic heterocycles. The molecule has 166 valence electrons. The van der Waals surface area contributed by atoms with E-state index in [0.29, 0.717) is 10.8 Å². The fourth-order valence-corrected chi connectivity index (χ4v) is 4.85. The summed E-state index contributed by atoms with van der Waals surface area (Å²) in [6, 6.07) is 15.1. The lowest BCUT2D eigenvalue weighted by atomic mass is 10.2. The molecule has 10 heteroatoms. The van der Waals surface area contributed by atoms with Crippen LogP contribution < -0.4 is 16.1 Å². The average Bonchev–Trinajstić information content (AvgIpc) is 3.40. The number of rotatable bonds is 4. The van der Waals surface area contributed by atoms with E-state index in [2.05, 4.69) is 9.97 Å². The number of nitrogens with zero attached hydrogens (tertiary/aromatic N) is 6. The number of benzene rings is 2. The zero-order valence-corrected chi connectivity index (χ0v) is 19.0. The van der Waals surface area contributed by atoms with E-state index in [4.69, 9.17) is 0 Å². The van der Waals surface area contributed by atoms with E-state index in [9.17, 15) is 14.4 Å². The van der Waals surface area contributed by atoms with Gasteiger partial charge in [0.25, 0.3) is 11.5 Å². The van der Waals surface area contributed by atoms with E-state index < -0.39 is 23.7 Å². The molecule has 0 bridgehead atoms. The van der Waals surface area contributed by atoms with Crippen molar-refractivity contribution >= 4 is 49.4 Å². The lowest BCUT2D eigenvalue weighted by Gasteiger charge is -2.22. The van der Waals surface area contributed by atoms with Gasteiger partial charge in [-0.1, -0.05) is 41.7 Å². The maximum Gasteiger partial charge on any atom is 0.332 e. The Kier molecular flexibility index (Phi) is 4.94. The summed E-state index contributed by atoms with van der Waals surface area (Å²) in [5.74, 6) is -0.441. The number of anilines is 2. The van der Waals surface area contributed by atoms with Crippen molar-refractivity contribution < 1.29 is 4.79 Å². The number of fused-ring (bicyclic) bond motifs is 2. The van der Waals surface area contributed by atoms with Crippen LogP contribution in [-0.2, 0) is 25.4 Å². The maximum absolute atomic E-state index is 13.7. The normalized spacial score (nSPS) is 11.4. The molecule has 0 aliphatic rings. The molecule has 0 fully saturated rings. The molecule has 3 heterocycles. The van der Waals surface area contributed by atoms with Crippen LogP contribution >= 0.6 is 11.3 Å². The Labute approximate surface area is 191 Å². The predicted octanol–water partition coefficient (Wildman–Crippen LogP) is 2.72. The number of para-hydroxylation sites is 2. The highest BCUT2D eigenvalue weighted by Crippen LogP contribution is 2.35. The van der Waals surface area contributed by atoms with Crippen molar-refractivity contribution in [1.82, 2.24) is 23.7 Å². The second kappa shape index (κ2) is 7.82. The summed E-state index contributed by atoms with van der Waals surface area (Å²) in [5.41, 5.74) is 1.66. The zero-order chi connectivity index (χ0) is 23.3. The Balaban J connectivity index is 1.66. The molecule has 0 saturated carbocycles. The maximum atomic E-state index is 13.7. The number of amides is 1. The van der Waals surface area contributed by atoms with E-state index in [0.717, 1.165) is 20.3 Å². The van der Waals surface area contributed by atoms with Crippen LogP contribution in [0.25, 0.3) is 21.4 Å². The van der Waals surface area contributed by atoms with Crippen molar-refractivity contribution in [2.45, 2.75) is 13.5 Å². The first kappa shape index (κ1) is 20.8. The van der Waals surface area contributed by atoms with E-state index >= 15 is 0 Å². The van der Waals surface area contributed by atoms with E-state index in [1.54, 1.807) is 11.6 Å². The number of thiazole rings is 1. The van der Waals surface area contributed by atoms with Gasteiger partial charge in [-0.3, -0.25) is 19.1 Å². The van der Waals surface area contributed by atoms with Crippen molar-refractivity contribution in [1.29, 1.82) is 0 Å². The van der Waals surface area contributed by atoms with Crippen molar-refractivity contribution in [2.75, 3.05) is 4.90 Å². The van der Waals surface area contributed by atoms with Gasteiger partial charge in [0.2, 0.25) is 0 Å². The van der Waals surface area contributed by atoms with Gasteiger partial charge in [0, 0.05) is 14.1 Å². The third-order valence-electron chi connectivity index (χ3n) is 5.57. The zero-order valence-electron chi connectivity index (χ0n) is 18.2. The van der Waals surface area contributed by atoms with Crippen LogP contribution in [0.1, 0.15) is 5.56 Å². The van der Waals surface area contributed by atoms with Gasteiger partial charge < -0.3 is 4.57 Å². The summed E-state index contributed by atoms with van der Waals surface area (Å²) in [6.45, 7) is 1.46. The summed E-state index contributed by atoms with van der Waals surface area (Å²) < 4.78 is 4.71. The molecule has 0 saturated heterocycles. The number of hydrogen-bond acceptors (Lipinski definition) is 6. The molecule has 2 aromatic carbocycles. The van der Waals surface area contributed by atoms with Crippen molar-refractivity contribution in [3.63, 3.8) is 0 Å². The van der Waals surface area contributed by atoms with Gasteiger partial charge in [0.05, 0.1) is 22.2 Å². The van der Waals surface area contributed by atoms with Crippen LogP contribution in [0, 0.1) is 6.92 Å². The minimum absolute atomic E-state index is 0.257. The van der Waals surface area contributed by atoms with Crippen LogP contribution in [0.15, 0.2) is 64.4 Å². The topological polar surface area (TPSA) is 95.0 Å². The minimum atomic E-state index is -0.603. The molecule has 0 N–H and O–H groups in total. The quantitative estimate of drug-likeness (QED) is 0.411. The smallest absolute Gasteiger partial charge is 0.328 e. The first-order valence-electron chi connectivity index (χ1n) is 10.2. The van der Waals surface area contributed by atoms with Gasteiger partial charge >= 0.3 is 5.69 Å². The second-order valence-electron chi connectivity index (χ2n) is 7.74. The van der Waals surface area contributed by atoms with Crippen LogP contribution in [0.5, 0.6) is 0 Å². The summed E-state index contributed by atoms with van der Waals surface area (Å²) in [7, 11) is 3.21. The van der Waals surface area contributed by atoms with Gasteiger partial charge in [-0.15, -0.1) is 0 Å². The standard InChI is InChI=1S/C23H20N6O3S/c1-14-8-4-6-10-16(14)29(22-25-15-9-5-7-11-17(15)33-22)18(30)12-28-21(31)19-20(24-13-26(19)2)27(3)23(28)32/h4-11,13H,12H2,1-3H3. The Morgan fingerprint density at radius 3 is 2.55 bits per heavy atom. The number of carbonyl (C=O) groups excluding carboxylic acids is 1. The van der Waals surface area contributed by atoms with Crippen LogP contribution in [0.3, 0.4) is 0 Å². The highest BCUT2D eigenvalue weighted by Gasteiger charge is 2.25. The SMILES string of the molecule is Cc1ccccc1N(C(=O)Cn1c(=O)c2c(ncn2C)n(C)c1=O)c1nc2ccccc2s1. The van der Waals surface area contributed by atoms with Gasteiger partial charge in [-0.25, -0.2) is 19.3 Å². The summed E-state index contributed by atoms with van der Waals surface area (Å²) >= 11 is 1.37. The molecule has 5 rings (SSSR count). The number of imidazole rings is 1. The second-order valence-corrected chi connectivity index (χ2v) is 8.75. The van der Waals surface area contributed by atoms with Crippen LogP contribution in [-0.4, -0.2) is 29.6 Å². The summed E-state index contributed by atoms with van der Waals surface area (Å²) in [5, 5.41) is 0.474. The fourth-order valence-electron chi connectivity index (χ4n) is 3.86. The molecule has 0 atom stereocenters. The third kappa shape index (κ3) is 3.35. The molecule has 9 nitrogen and oxygen atoms in total. The third-order valence-corrected chi connectivity index (χ3v) is 6.60. The average molecular weight is 461 g/mol. The van der Waals surface area contributed by atoms with Crippen LogP contribution in [0.2, 0.25) is 0 Å². The van der Waals surface area contributed by atoms with E-state index in [-0.39, 0.29) is 11.2 Å². The first-order chi connectivity index (χ1) is 15.9. The van der Waals surface area contributed by atoms with Gasteiger partial charge in [-0.2, -0.15) is 0 Å². The molecule has 5 aromatic rings. The fraction of sp³-hybridized carbons (Fsp3) is 0.174. The summed E-state index contributed by atoms with van der Waals surface area (Å²) in [4.78, 5) is 50.0. The molecular formula is C23H20N6O3S. The monoisotopic (exact) mass is 460 g/mol. The van der Waals surface area contributed by atoms with Gasteiger partial charge in [-0.05, 0) is 30.7 Å². The van der Waals surface area contributed by atoms with Crippen molar-refractivity contribution in [3.05, 3.63) is 81.3 Å². The number of aromatic nitrogens is 5. The number of aryl methyl sites for hydroxylation is 3. The van der Waals surface area contributed by atoms with Gasteiger partial charge in [0.1, 0.15) is 6.54 Å². The molecule has 1 amide bonds. The lowest BCUT2D eigenvalue weighted by molar-refractivity contribution is -0.118. The lowest BCUT2D eigenvalue weighted by Crippen LogP contribution is -2.44. The number of carbonyl (C=O) groups is 1. The predicted molar refractivity (Wildman–Crippen MR) is 128 cm³/mol. The molecular weight excluding hydrogens is 440 g/mol. The molecule has 33 heavy (non-hydrogen) atoms. The van der Waals surface area contributed by atoms with Crippen LogP contribution in [0.4, 0.5) is 10.8 Å². The minimum Gasteiger partial charge on any atom is -0.328 e. The first-order valence-corrected chi connectivity index (χ1v) is 11.0. The molecule has 0 unspecified atom stereocenters. The Hall–Kier alpha value is -4.05. The molecule has 0 spiro atoms. The molecule has 0 radical (unpaired) electrons. The molecule has 0 aliphatic carbocycles. The molecule has 0 aliphatic heterocycles. The highest BCUT2D eigenvalue weighted by atomic mass is 32.1. The van der Waals surface area contributed by atoms with Crippen molar-refractivity contribution in [3.8, 4) is 0 Å². The highest BCUT2D eigenvalue weighted by molar-refractivity contribution is 7.22. The van der Waals surface area contributed by atoms with E-state index in [1.165, 1.54) is 34.2 Å². The Morgan fingerprint density at radius 2 is 1.79 bits per heavy atom. The van der Waals surface area contributed by atoms with Crippen molar-refractivity contribution in [2.24, 2.45) is 14.1 Å². The van der Waals surface area contributed by atoms with Gasteiger partial charge in [0.15, 0.2) is 16.3 Å². The number of hydrogen-bond donors (Lipinski definition) is 0. The van der Waals surface area contributed by atoms with E-state index in [1.807, 2.05) is 55.5 Å². The summed E-state index contributed by atoms with van der Waals surface area (Å²) in [6.07, 6.45) is 1.47.